The predicted molar refractivity (Wildman–Crippen MR) is 66.3 cm³/mol. The average molecular weight is 323 g/mol. The third kappa shape index (κ3) is 3.53. The summed E-state index contributed by atoms with van der Waals surface area (Å²) in [5, 5.41) is 1.46. The normalized spacial score (nSPS) is 14.1. The number of carbonyl (C=O) groups is 2. The lowest BCUT2D eigenvalue weighted by molar-refractivity contribution is -0.277. The van der Waals surface area contributed by atoms with E-state index in [1.54, 1.807) is 0 Å². The molecule has 0 aliphatic heterocycles. The first-order valence-corrected chi connectivity index (χ1v) is 6.05. The molecule has 0 bridgehead atoms. The van der Waals surface area contributed by atoms with Gasteiger partial charge in [0.25, 0.3) is 5.91 Å². The summed E-state index contributed by atoms with van der Waals surface area (Å²) >= 11 is 0. The first-order chi connectivity index (χ1) is 10.2. The molecule has 1 amide bonds. The minimum atomic E-state index is -5.26. The van der Waals surface area contributed by atoms with Gasteiger partial charge in [-0.2, -0.15) is 13.2 Å². The molecule has 122 valence electrons. The number of esters is 1. The maximum Gasteiger partial charge on any atom is 0.448 e. The van der Waals surface area contributed by atoms with Crippen molar-refractivity contribution < 1.29 is 36.6 Å². The zero-order valence-electron chi connectivity index (χ0n) is 11.7. The van der Waals surface area contributed by atoms with Crippen LogP contribution in [0.2, 0.25) is 0 Å². The summed E-state index contributed by atoms with van der Waals surface area (Å²) in [6.07, 6.45) is -5.26. The lowest BCUT2D eigenvalue weighted by atomic mass is 10.1. The molecule has 22 heavy (non-hydrogen) atoms. The molecule has 0 saturated carbocycles. The van der Waals surface area contributed by atoms with Crippen LogP contribution in [0.4, 0.5) is 17.6 Å². The SMILES string of the molecule is CCOC(=O)C(NC(=O)c1ccc(F)cc1)(OC)C(F)(F)F. The summed E-state index contributed by atoms with van der Waals surface area (Å²) in [7, 11) is 0.606. The molecule has 0 aromatic heterocycles. The third-order valence-electron chi connectivity index (χ3n) is 2.66. The van der Waals surface area contributed by atoms with Gasteiger partial charge in [-0.25, -0.2) is 9.18 Å². The molecule has 0 fully saturated rings. The Balaban J connectivity index is 3.15. The second-order valence-electron chi connectivity index (χ2n) is 4.06. The topological polar surface area (TPSA) is 64.6 Å². The quantitative estimate of drug-likeness (QED) is 0.511. The van der Waals surface area contributed by atoms with E-state index in [9.17, 15) is 27.2 Å². The molecular weight excluding hydrogens is 310 g/mol. The first-order valence-electron chi connectivity index (χ1n) is 6.05. The minimum Gasteiger partial charge on any atom is -0.462 e. The molecule has 1 atom stereocenters. The van der Waals surface area contributed by atoms with E-state index in [4.69, 9.17) is 0 Å². The average Bonchev–Trinajstić information content (AvgIpc) is 2.44. The van der Waals surface area contributed by atoms with Crippen molar-refractivity contribution in [3.63, 3.8) is 0 Å². The van der Waals surface area contributed by atoms with E-state index < -0.39 is 29.6 Å². The summed E-state index contributed by atoms with van der Waals surface area (Å²) in [5.41, 5.74) is -3.93. The predicted octanol–water partition coefficient (Wildman–Crippen LogP) is 2.02. The summed E-state index contributed by atoms with van der Waals surface area (Å²) in [6, 6.07) is 3.71. The molecule has 1 N–H and O–H groups in total. The Hall–Kier alpha value is -2.16. The Morgan fingerprint density at radius 2 is 1.73 bits per heavy atom. The van der Waals surface area contributed by atoms with Gasteiger partial charge in [-0.1, -0.05) is 0 Å². The number of nitrogens with one attached hydrogen (secondary N) is 1. The van der Waals surface area contributed by atoms with Crippen molar-refractivity contribution in [1.29, 1.82) is 0 Å². The van der Waals surface area contributed by atoms with Crippen molar-refractivity contribution in [2.75, 3.05) is 13.7 Å². The number of methoxy groups -OCH3 is 1. The fourth-order valence-electron chi connectivity index (χ4n) is 1.55. The van der Waals surface area contributed by atoms with Crippen LogP contribution < -0.4 is 5.32 Å². The van der Waals surface area contributed by atoms with Gasteiger partial charge in [-0.3, -0.25) is 4.79 Å². The van der Waals surface area contributed by atoms with Gasteiger partial charge >= 0.3 is 17.9 Å². The van der Waals surface area contributed by atoms with Crippen LogP contribution in [0.25, 0.3) is 0 Å². The van der Waals surface area contributed by atoms with E-state index >= 15 is 0 Å². The molecule has 0 aliphatic carbocycles. The standard InChI is InChI=1S/C13H13F4NO4/c1-3-22-11(20)12(21-2,13(15,16)17)18-10(19)8-4-6-9(14)7-5-8/h4-7H,3H2,1-2H3,(H,18,19). The van der Waals surface area contributed by atoms with E-state index in [0.717, 1.165) is 24.3 Å². The summed E-state index contributed by atoms with van der Waals surface area (Å²) in [5.74, 6) is -3.75. The van der Waals surface area contributed by atoms with Gasteiger partial charge in [0, 0.05) is 12.7 Å². The molecular formula is C13H13F4NO4. The maximum absolute atomic E-state index is 13.2. The molecule has 0 saturated heterocycles. The van der Waals surface area contributed by atoms with Gasteiger partial charge in [-0.05, 0) is 31.2 Å². The van der Waals surface area contributed by atoms with Crippen LogP contribution >= 0.6 is 0 Å². The highest BCUT2D eigenvalue weighted by Crippen LogP contribution is 2.32. The zero-order chi connectivity index (χ0) is 17.0. The van der Waals surface area contributed by atoms with E-state index in [1.807, 2.05) is 0 Å². The van der Waals surface area contributed by atoms with Crippen molar-refractivity contribution in [3.8, 4) is 0 Å². The van der Waals surface area contributed by atoms with Crippen molar-refractivity contribution in [1.82, 2.24) is 5.32 Å². The van der Waals surface area contributed by atoms with Crippen LogP contribution in [0.5, 0.6) is 0 Å². The summed E-state index contributed by atoms with van der Waals surface area (Å²) in [4.78, 5) is 23.5. The molecule has 9 heteroatoms. The fourth-order valence-corrected chi connectivity index (χ4v) is 1.55. The van der Waals surface area contributed by atoms with Crippen molar-refractivity contribution >= 4 is 11.9 Å². The highest BCUT2D eigenvalue weighted by molar-refractivity contribution is 5.98. The van der Waals surface area contributed by atoms with Gasteiger partial charge in [-0.15, -0.1) is 0 Å². The molecule has 0 aliphatic rings. The number of carbonyl (C=O) groups excluding carboxylic acids is 2. The third-order valence-corrected chi connectivity index (χ3v) is 2.66. The van der Waals surface area contributed by atoms with Crippen molar-refractivity contribution in [2.24, 2.45) is 0 Å². The Labute approximate surface area is 123 Å². The molecule has 1 aromatic carbocycles. The Bertz CT molecular complexity index is 544. The minimum absolute atomic E-state index is 0.281. The number of benzene rings is 1. The van der Waals surface area contributed by atoms with Crippen LogP contribution in [0.1, 0.15) is 17.3 Å². The summed E-state index contributed by atoms with van der Waals surface area (Å²) < 4.78 is 60.9. The largest absolute Gasteiger partial charge is 0.462 e. The second-order valence-corrected chi connectivity index (χ2v) is 4.06. The molecule has 0 heterocycles. The highest BCUT2D eigenvalue weighted by Gasteiger charge is 2.64. The van der Waals surface area contributed by atoms with Crippen LogP contribution in [0, 0.1) is 5.82 Å². The van der Waals surface area contributed by atoms with E-state index in [0.29, 0.717) is 7.11 Å². The molecule has 0 spiro atoms. The lowest BCUT2D eigenvalue weighted by Crippen LogP contribution is -2.65. The number of ether oxygens (including phenoxy) is 2. The first kappa shape index (κ1) is 17.9. The Kier molecular flexibility index (Phi) is 5.48. The van der Waals surface area contributed by atoms with Crippen molar-refractivity contribution in [2.45, 2.75) is 18.8 Å². The van der Waals surface area contributed by atoms with Crippen LogP contribution in [0.3, 0.4) is 0 Å². The number of hydrogen-bond donors (Lipinski definition) is 1. The monoisotopic (exact) mass is 323 g/mol. The smallest absolute Gasteiger partial charge is 0.448 e. The Morgan fingerprint density at radius 1 is 1.18 bits per heavy atom. The lowest BCUT2D eigenvalue weighted by Gasteiger charge is -2.32. The number of amides is 1. The number of hydrogen-bond acceptors (Lipinski definition) is 4. The number of halogens is 4. The van der Waals surface area contributed by atoms with E-state index in [-0.39, 0.29) is 12.2 Å². The Morgan fingerprint density at radius 3 is 2.14 bits per heavy atom. The molecule has 5 nitrogen and oxygen atoms in total. The molecule has 1 aromatic rings. The van der Waals surface area contributed by atoms with Gasteiger partial charge < -0.3 is 14.8 Å². The van der Waals surface area contributed by atoms with E-state index in [2.05, 4.69) is 9.47 Å². The van der Waals surface area contributed by atoms with Crippen LogP contribution in [-0.2, 0) is 14.3 Å². The fraction of sp³-hybridized carbons (Fsp3) is 0.385. The van der Waals surface area contributed by atoms with Gasteiger partial charge in [0.05, 0.1) is 6.61 Å². The number of rotatable bonds is 5. The molecule has 1 rings (SSSR count). The summed E-state index contributed by atoms with van der Waals surface area (Å²) in [6.45, 7) is 0.961. The maximum atomic E-state index is 13.2. The molecule has 1 unspecified atom stereocenters. The highest BCUT2D eigenvalue weighted by atomic mass is 19.4. The van der Waals surface area contributed by atoms with Crippen LogP contribution in [0.15, 0.2) is 24.3 Å². The van der Waals surface area contributed by atoms with Crippen molar-refractivity contribution in [3.05, 3.63) is 35.6 Å². The van der Waals surface area contributed by atoms with Crippen LogP contribution in [-0.4, -0.2) is 37.5 Å². The van der Waals surface area contributed by atoms with Gasteiger partial charge in [0.15, 0.2) is 0 Å². The second kappa shape index (κ2) is 6.73. The van der Waals surface area contributed by atoms with Gasteiger partial charge in [0.2, 0.25) is 0 Å². The molecule has 0 radical (unpaired) electrons. The number of alkyl halides is 3. The van der Waals surface area contributed by atoms with Gasteiger partial charge in [0.1, 0.15) is 5.82 Å². The van der Waals surface area contributed by atoms with E-state index in [1.165, 1.54) is 12.2 Å². The zero-order valence-corrected chi connectivity index (χ0v) is 11.7.